The molecule has 0 bridgehead atoms. The van der Waals surface area contributed by atoms with E-state index in [1.54, 1.807) is 0 Å². The molecule has 0 saturated heterocycles. The zero-order valence-corrected chi connectivity index (χ0v) is 10.7. The van der Waals surface area contributed by atoms with E-state index in [0.29, 0.717) is 5.95 Å². The van der Waals surface area contributed by atoms with Gasteiger partial charge >= 0.3 is 0 Å². The number of benzene rings is 1. The van der Waals surface area contributed by atoms with Gasteiger partial charge < -0.3 is 10.3 Å². The number of nitrogens with two attached hydrogens (primary N) is 1. The van der Waals surface area contributed by atoms with Crippen molar-refractivity contribution in [2.75, 3.05) is 5.73 Å². The molecular formula is C13H16ClN3. The predicted molar refractivity (Wildman–Crippen MR) is 71.3 cm³/mol. The maximum absolute atomic E-state index is 6.30. The fraction of sp³-hybridized carbons (Fsp3) is 0.462. The Morgan fingerprint density at radius 3 is 2.76 bits per heavy atom. The van der Waals surface area contributed by atoms with Crippen LogP contribution in [-0.2, 0) is 5.54 Å². The zero-order valence-electron chi connectivity index (χ0n) is 9.91. The minimum Gasteiger partial charge on any atom is -0.369 e. The SMILES string of the molecule is CC1(n2c(N)nc3cccc(Cl)c32)CCCC1. The maximum atomic E-state index is 6.30. The number of aromatic nitrogens is 2. The summed E-state index contributed by atoms with van der Waals surface area (Å²) in [5.41, 5.74) is 8.03. The molecular weight excluding hydrogens is 234 g/mol. The summed E-state index contributed by atoms with van der Waals surface area (Å²) in [6.07, 6.45) is 4.79. The van der Waals surface area contributed by atoms with Crippen LogP contribution < -0.4 is 5.73 Å². The lowest BCUT2D eigenvalue weighted by atomic mass is 10.00. The highest BCUT2D eigenvalue weighted by atomic mass is 35.5. The Bertz CT molecular complexity index is 567. The summed E-state index contributed by atoms with van der Waals surface area (Å²) < 4.78 is 2.14. The highest BCUT2D eigenvalue weighted by molar-refractivity contribution is 6.35. The molecule has 17 heavy (non-hydrogen) atoms. The summed E-state index contributed by atoms with van der Waals surface area (Å²) >= 11 is 6.30. The van der Waals surface area contributed by atoms with Gasteiger partial charge in [0.15, 0.2) is 0 Å². The first-order valence-corrected chi connectivity index (χ1v) is 6.42. The van der Waals surface area contributed by atoms with E-state index in [0.717, 1.165) is 28.9 Å². The van der Waals surface area contributed by atoms with Gasteiger partial charge in [0.25, 0.3) is 0 Å². The number of nitrogens with zero attached hydrogens (tertiary/aromatic N) is 2. The normalized spacial score (nSPS) is 18.9. The summed E-state index contributed by atoms with van der Waals surface area (Å²) in [6.45, 7) is 2.25. The summed E-state index contributed by atoms with van der Waals surface area (Å²) in [5.74, 6) is 0.581. The standard InChI is InChI=1S/C13H16ClN3/c1-13(7-2-3-8-13)17-11-9(14)5-4-6-10(11)16-12(17)15/h4-6H,2-3,7-8H2,1H3,(H2,15,16). The third-order valence-corrected chi connectivity index (χ3v) is 4.18. The van der Waals surface area contributed by atoms with Crippen LogP contribution in [0.2, 0.25) is 5.02 Å². The van der Waals surface area contributed by atoms with E-state index < -0.39 is 0 Å². The number of halogens is 1. The average Bonchev–Trinajstić information content (AvgIpc) is 2.83. The molecule has 0 spiro atoms. The Morgan fingerprint density at radius 2 is 2.06 bits per heavy atom. The van der Waals surface area contributed by atoms with Gasteiger partial charge in [0, 0.05) is 5.54 Å². The number of nitrogen functional groups attached to an aromatic ring is 1. The molecule has 90 valence electrons. The van der Waals surface area contributed by atoms with Gasteiger partial charge in [0.1, 0.15) is 0 Å². The van der Waals surface area contributed by atoms with Crippen LogP contribution in [-0.4, -0.2) is 9.55 Å². The third kappa shape index (κ3) is 1.53. The number of anilines is 1. The van der Waals surface area contributed by atoms with Crippen LogP contribution in [0.25, 0.3) is 11.0 Å². The van der Waals surface area contributed by atoms with Gasteiger partial charge in [0.05, 0.1) is 16.1 Å². The molecule has 0 aliphatic heterocycles. The van der Waals surface area contributed by atoms with Crippen molar-refractivity contribution < 1.29 is 0 Å². The maximum Gasteiger partial charge on any atom is 0.201 e. The minimum absolute atomic E-state index is 0.0732. The molecule has 3 rings (SSSR count). The lowest BCUT2D eigenvalue weighted by molar-refractivity contribution is 0.344. The molecule has 0 unspecified atom stereocenters. The van der Waals surface area contributed by atoms with Crippen LogP contribution in [0.5, 0.6) is 0 Å². The molecule has 1 fully saturated rings. The van der Waals surface area contributed by atoms with Crippen molar-refractivity contribution in [3.8, 4) is 0 Å². The first-order valence-electron chi connectivity index (χ1n) is 6.05. The largest absolute Gasteiger partial charge is 0.369 e. The summed E-state index contributed by atoms with van der Waals surface area (Å²) in [4.78, 5) is 4.42. The topological polar surface area (TPSA) is 43.8 Å². The van der Waals surface area contributed by atoms with E-state index in [1.165, 1.54) is 12.8 Å². The van der Waals surface area contributed by atoms with Gasteiger partial charge in [-0.05, 0) is 31.9 Å². The molecule has 1 aliphatic carbocycles. The molecule has 1 heterocycles. The molecule has 2 N–H and O–H groups in total. The smallest absolute Gasteiger partial charge is 0.201 e. The minimum atomic E-state index is 0.0732. The highest BCUT2D eigenvalue weighted by Crippen LogP contribution is 2.41. The molecule has 0 atom stereocenters. The van der Waals surface area contributed by atoms with Crippen LogP contribution in [0.1, 0.15) is 32.6 Å². The number of para-hydroxylation sites is 1. The second-order valence-corrected chi connectivity index (χ2v) is 5.52. The van der Waals surface area contributed by atoms with E-state index in [4.69, 9.17) is 17.3 Å². The number of hydrogen-bond acceptors (Lipinski definition) is 2. The van der Waals surface area contributed by atoms with Gasteiger partial charge in [-0.1, -0.05) is 30.5 Å². The Labute approximate surface area is 106 Å². The molecule has 0 radical (unpaired) electrons. The fourth-order valence-electron chi connectivity index (χ4n) is 3.01. The first-order chi connectivity index (χ1) is 8.12. The van der Waals surface area contributed by atoms with E-state index in [2.05, 4.69) is 16.5 Å². The van der Waals surface area contributed by atoms with Crippen molar-refractivity contribution in [3.05, 3.63) is 23.2 Å². The Balaban J connectivity index is 2.31. The Hall–Kier alpha value is -1.22. The number of hydrogen-bond donors (Lipinski definition) is 1. The van der Waals surface area contributed by atoms with E-state index in [-0.39, 0.29) is 5.54 Å². The molecule has 2 aromatic rings. The summed E-state index contributed by atoms with van der Waals surface area (Å²) in [6, 6.07) is 5.78. The van der Waals surface area contributed by atoms with Crippen molar-refractivity contribution in [1.82, 2.24) is 9.55 Å². The third-order valence-electron chi connectivity index (χ3n) is 3.87. The molecule has 0 amide bonds. The number of fused-ring (bicyclic) bond motifs is 1. The molecule has 3 nitrogen and oxygen atoms in total. The van der Waals surface area contributed by atoms with E-state index in [9.17, 15) is 0 Å². The van der Waals surface area contributed by atoms with Crippen molar-refractivity contribution in [2.24, 2.45) is 0 Å². The second kappa shape index (κ2) is 3.64. The molecule has 1 saturated carbocycles. The van der Waals surface area contributed by atoms with Gasteiger partial charge in [-0.2, -0.15) is 0 Å². The average molecular weight is 250 g/mol. The lowest BCUT2D eigenvalue weighted by Crippen LogP contribution is -2.27. The Morgan fingerprint density at radius 1 is 1.35 bits per heavy atom. The zero-order chi connectivity index (χ0) is 12.0. The van der Waals surface area contributed by atoms with Crippen molar-refractivity contribution >= 4 is 28.6 Å². The quantitative estimate of drug-likeness (QED) is 0.840. The monoisotopic (exact) mass is 249 g/mol. The number of rotatable bonds is 1. The first kappa shape index (κ1) is 10.9. The van der Waals surface area contributed by atoms with Gasteiger partial charge in [-0.25, -0.2) is 4.98 Å². The van der Waals surface area contributed by atoms with E-state index >= 15 is 0 Å². The number of imidazole rings is 1. The van der Waals surface area contributed by atoms with Crippen LogP contribution in [0.15, 0.2) is 18.2 Å². The molecule has 4 heteroatoms. The summed E-state index contributed by atoms with van der Waals surface area (Å²) in [5, 5.41) is 0.736. The van der Waals surface area contributed by atoms with Crippen molar-refractivity contribution in [2.45, 2.75) is 38.1 Å². The van der Waals surface area contributed by atoms with Crippen LogP contribution in [0, 0.1) is 0 Å². The van der Waals surface area contributed by atoms with Crippen molar-refractivity contribution in [3.63, 3.8) is 0 Å². The Kier molecular flexibility index (Phi) is 2.33. The van der Waals surface area contributed by atoms with Gasteiger partial charge in [-0.3, -0.25) is 0 Å². The van der Waals surface area contributed by atoms with Crippen molar-refractivity contribution in [1.29, 1.82) is 0 Å². The predicted octanol–water partition coefficient (Wildman–Crippen LogP) is 3.56. The van der Waals surface area contributed by atoms with Crippen LogP contribution >= 0.6 is 11.6 Å². The molecule has 1 aliphatic rings. The molecule has 1 aromatic carbocycles. The molecule has 1 aromatic heterocycles. The van der Waals surface area contributed by atoms with Gasteiger partial charge in [0.2, 0.25) is 5.95 Å². The van der Waals surface area contributed by atoms with E-state index in [1.807, 2.05) is 18.2 Å². The van der Waals surface area contributed by atoms with Crippen LogP contribution in [0.3, 0.4) is 0 Å². The van der Waals surface area contributed by atoms with Crippen LogP contribution in [0.4, 0.5) is 5.95 Å². The highest BCUT2D eigenvalue weighted by Gasteiger charge is 2.33. The fourth-order valence-corrected chi connectivity index (χ4v) is 3.26. The summed E-state index contributed by atoms with van der Waals surface area (Å²) in [7, 11) is 0. The lowest BCUT2D eigenvalue weighted by Gasteiger charge is -2.27. The second-order valence-electron chi connectivity index (χ2n) is 5.12. The van der Waals surface area contributed by atoms with Gasteiger partial charge in [-0.15, -0.1) is 0 Å².